The molecule has 2 amide bonds. The van der Waals surface area contributed by atoms with Crippen LogP contribution in [0.3, 0.4) is 0 Å². The first kappa shape index (κ1) is 12.9. The van der Waals surface area contributed by atoms with E-state index >= 15 is 0 Å². The number of carbonyl (C=O) groups excluding carboxylic acids is 2. The van der Waals surface area contributed by atoms with E-state index < -0.39 is 0 Å². The average molecular weight is 201 g/mol. The molecule has 0 radical (unpaired) electrons. The molecule has 5 nitrogen and oxygen atoms in total. The summed E-state index contributed by atoms with van der Waals surface area (Å²) in [7, 11) is 1.60. The summed E-state index contributed by atoms with van der Waals surface area (Å²) >= 11 is 0. The van der Waals surface area contributed by atoms with Crippen molar-refractivity contribution < 1.29 is 9.59 Å². The number of hydrogen-bond donors (Lipinski definition) is 3. The SMILES string of the molecule is CNC(=O)C(C)NCCCCC(N)=O. The quantitative estimate of drug-likeness (QED) is 0.479. The number of primary amides is 1. The number of hydrogen-bond acceptors (Lipinski definition) is 3. The van der Waals surface area contributed by atoms with Crippen LogP contribution in [0.2, 0.25) is 0 Å². The maximum Gasteiger partial charge on any atom is 0.236 e. The van der Waals surface area contributed by atoms with E-state index in [9.17, 15) is 9.59 Å². The topological polar surface area (TPSA) is 84.2 Å². The van der Waals surface area contributed by atoms with E-state index in [0.29, 0.717) is 6.42 Å². The fourth-order valence-corrected chi connectivity index (χ4v) is 1.05. The lowest BCUT2D eigenvalue weighted by molar-refractivity contribution is -0.122. The van der Waals surface area contributed by atoms with E-state index in [2.05, 4.69) is 10.6 Å². The first-order chi connectivity index (χ1) is 6.57. The zero-order valence-electron chi connectivity index (χ0n) is 8.80. The van der Waals surface area contributed by atoms with Crippen molar-refractivity contribution in [2.45, 2.75) is 32.2 Å². The monoisotopic (exact) mass is 201 g/mol. The number of rotatable bonds is 7. The lowest BCUT2D eigenvalue weighted by Gasteiger charge is -2.11. The van der Waals surface area contributed by atoms with Gasteiger partial charge in [0, 0.05) is 13.5 Å². The summed E-state index contributed by atoms with van der Waals surface area (Å²) in [6.07, 6.45) is 2.03. The largest absolute Gasteiger partial charge is 0.370 e. The molecule has 0 aromatic carbocycles. The van der Waals surface area contributed by atoms with Crippen LogP contribution in [0.1, 0.15) is 26.2 Å². The highest BCUT2D eigenvalue weighted by atomic mass is 16.2. The standard InChI is InChI=1S/C9H19N3O2/c1-7(9(14)11-2)12-6-4-3-5-8(10)13/h7,12H,3-6H2,1-2H3,(H2,10,13)(H,11,14). The van der Waals surface area contributed by atoms with Crippen LogP contribution in [-0.4, -0.2) is 31.4 Å². The van der Waals surface area contributed by atoms with Gasteiger partial charge in [-0.2, -0.15) is 0 Å². The second-order valence-corrected chi connectivity index (χ2v) is 3.21. The Kier molecular flexibility index (Phi) is 6.74. The molecule has 1 atom stereocenters. The van der Waals surface area contributed by atoms with Crippen LogP contribution < -0.4 is 16.4 Å². The van der Waals surface area contributed by atoms with Gasteiger partial charge in [0.2, 0.25) is 11.8 Å². The number of amides is 2. The summed E-state index contributed by atoms with van der Waals surface area (Å²) in [5.41, 5.74) is 4.98. The smallest absolute Gasteiger partial charge is 0.236 e. The summed E-state index contributed by atoms with van der Waals surface area (Å²) in [4.78, 5) is 21.4. The Labute approximate surface area is 84.4 Å². The predicted octanol–water partition coefficient (Wildman–Crippen LogP) is -0.634. The van der Waals surface area contributed by atoms with Crippen molar-refractivity contribution in [1.29, 1.82) is 0 Å². The van der Waals surface area contributed by atoms with E-state index in [-0.39, 0.29) is 17.9 Å². The van der Waals surface area contributed by atoms with E-state index in [1.807, 2.05) is 0 Å². The minimum atomic E-state index is -0.274. The Bertz CT molecular complexity index is 194. The third-order valence-corrected chi connectivity index (χ3v) is 1.94. The summed E-state index contributed by atoms with van der Waals surface area (Å²) < 4.78 is 0. The van der Waals surface area contributed by atoms with Crippen molar-refractivity contribution >= 4 is 11.8 Å². The molecule has 0 bridgehead atoms. The maximum absolute atomic E-state index is 11.0. The van der Waals surface area contributed by atoms with Gasteiger partial charge in [-0.1, -0.05) is 0 Å². The summed E-state index contributed by atoms with van der Waals surface area (Å²) in [5.74, 6) is -0.302. The van der Waals surface area contributed by atoms with Crippen LogP contribution in [0, 0.1) is 0 Å². The molecule has 0 aliphatic carbocycles. The lowest BCUT2D eigenvalue weighted by Crippen LogP contribution is -2.40. The van der Waals surface area contributed by atoms with Crippen LogP contribution in [-0.2, 0) is 9.59 Å². The minimum Gasteiger partial charge on any atom is -0.370 e. The molecule has 0 heterocycles. The Hall–Kier alpha value is -1.10. The van der Waals surface area contributed by atoms with Crippen LogP contribution >= 0.6 is 0 Å². The molecule has 0 aromatic rings. The molecule has 0 aliphatic rings. The van der Waals surface area contributed by atoms with E-state index in [4.69, 9.17) is 5.73 Å². The second kappa shape index (κ2) is 7.32. The molecule has 0 spiro atoms. The Morgan fingerprint density at radius 2 is 2.00 bits per heavy atom. The second-order valence-electron chi connectivity index (χ2n) is 3.21. The first-order valence-electron chi connectivity index (χ1n) is 4.81. The van der Waals surface area contributed by atoms with Crippen LogP contribution in [0.25, 0.3) is 0 Å². The highest BCUT2D eigenvalue weighted by Gasteiger charge is 2.08. The normalized spacial score (nSPS) is 12.1. The number of carbonyl (C=O) groups is 2. The van der Waals surface area contributed by atoms with Gasteiger partial charge in [-0.15, -0.1) is 0 Å². The van der Waals surface area contributed by atoms with Gasteiger partial charge in [-0.25, -0.2) is 0 Å². The highest BCUT2D eigenvalue weighted by Crippen LogP contribution is 1.93. The Morgan fingerprint density at radius 1 is 1.36 bits per heavy atom. The van der Waals surface area contributed by atoms with Gasteiger partial charge in [-0.3, -0.25) is 9.59 Å². The van der Waals surface area contributed by atoms with Crippen molar-refractivity contribution in [2.75, 3.05) is 13.6 Å². The molecule has 1 unspecified atom stereocenters. The molecule has 14 heavy (non-hydrogen) atoms. The van der Waals surface area contributed by atoms with Gasteiger partial charge in [0.15, 0.2) is 0 Å². The van der Waals surface area contributed by atoms with Crippen LogP contribution in [0.15, 0.2) is 0 Å². The minimum absolute atomic E-state index is 0.0279. The molecular weight excluding hydrogens is 182 g/mol. The van der Waals surface area contributed by atoms with Gasteiger partial charge in [-0.05, 0) is 26.3 Å². The van der Waals surface area contributed by atoms with Crippen molar-refractivity contribution in [2.24, 2.45) is 5.73 Å². The zero-order valence-corrected chi connectivity index (χ0v) is 8.80. The molecule has 4 N–H and O–H groups in total. The Balaban J connectivity index is 3.36. The van der Waals surface area contributed by atoms with Crippen molar-refractivity contribution in [3.63, 3.8) is 0 Å². The van der Waals surface area contributed by atoms with Crippen molar-refractivity contribution in [3.8, 4) is 0 Å². The third kappa shape index (κ3) is 6.42. The zero-order chi connectivity index (χ0) is 11.0. The number of nitrogens with one attached hydrogen (secondary N) is 2. The summed E-state index contributed by atoms with van der Waals surface area (Å²) in [5, 5.41) is 5.59. The fraction of sp³-hybridized carbons (Fsp3) is 0.778. The molecule has 5 heteroatoms. The average Bonchev–Trinajstić information content (AvgIpc) is 2.15. The van der Waals surface area contributed by atoms with Gasteiger partial charge in [0.25, 0.3) is 0 Å². The number of unbranched alkanes of at least 4 members (excludes halogenated alkanes) is 1. The van der Waals surface area contributed by atoms with Crippen LogP contribution in [0.4, 0.5) is 0 Å². The third-order valence-electron chi connectivity index (χ3n) is 1.94. The van der Waals surface area contributed by atoms with E-state index in [0.717, 1.165) is 19.4 Å². The highest BCUT2D eigenvalue weighted by molar-refractivity contribution is 5.80. The Morgan fingerprint density at radius 3 is 2.50 bits per heavy atom. The van der Waals surface area contributed by atoms with E-state index in [1.165, 1.54) is 0 Å². The fourth-order valence-electron chi connectivity index (χ4n) is 1.05. The van der Waals surface area contributed by atoms with Gasteiger partial charge >= 0.3 is 0 Å². The first-order valence-corrected chi connectivity index (χ1v) is 4.81. The van der Waals surface area contributed by atoms with Gasteiger partial charge in [0.05, 0.1) is 6.04 Å². The van der Waals surface area contributed by atoms with E-state index in [1.54, 1.807) is 14.0 Å². The van der Waals surface area contributed by atoms with Gasteiger partial charge < -0.3 is 16.4 Å². The summed E-state index contributed by atoms with van der Waals surface area (Å²) in [6, 6.07) is -0.187. The molecule has 0 rings (SSSR count). The molecular formula is C9H19N3O2. The lowest BCUT2D eigenvalue weighted by atomic mass is 10.2. The number of nitrogens with two attached hydrogens (primary N) is 1. The predicted molar refractivity (Wildman–Crippen MR) is 54.6 cm³/mol. The maximum atomic E-state index is 11.0. The molecule has 0 saturated heterocycles. The van der Waals surface area contributed by atoms with Crippen molar-refractivity contribution in [1.82, 2.24) is 10.6 Å². The van der Waals surface area contributed by atoms with Crippen molar-refractivity contribution in [3.05, 3.63) is 0 Å². The molecule has 0 aliphatic heterocycles. The van der Waals surface area contributed by atoms with Crippen LogP contribution in [0.5, 0.6) is 0 Å². The van der Waals surface area contributed by atoms with Gasteiger partial charge in [0.1, 0.15) is 0 Å². The molecule has 0 fully saturated rings. The summed E-state index contributed by atoms with van der Waals surface area (Å²) in [6.45, 7) is 2.52. The molecule has 82 valence electrons. The molecule has 0 aromatic heterocycles. The molecule has 0 saturated carbocycles. The number of likely N-dealkylation sites (N-methyl/N-ethyl adjacent to an activating group) is 1.